The molecule has 2 atom stereocenters. The summed E-state index contributed by atoms with van der Waals surface area (Å²) in [6, 6.07) is 8.56. The third-order valence-electron chi connectivity index (χ3n) is 3.83. The van der Waals surface area contributed by atoms with E-state index in [1.165, 1.54) is 11.1 Å². The number of hydrogen-bond acceptors (Lipinski definition) is 2. The van der Waals surface area contributed by atoms with Gasteiger partial charge in [-0.1, -0.05) is 24.3 Å². The zero-order valence-electron chi connectivity index (χ0n) is 11.9. The molecule has 1 amide bonds. The third kappa shape index (κ3) is 4.35. The number of hydrogen-bond donors (Lipinski definition) is 2. The molecule has 3 nitrogen and oxygen atoms in total. The standard InChI is InChI=1S/C16H24N2O/c1-12-5-3-4-6-15(12)9-13(2)18-16(19)10-14-7-8-17-11-14/h3-6,13-14,17H,7-11H2,1-2H3,(H,18,19). The Morgan fingerprint density at radius 1 is 1.47 bits per heavy atom. The molecule has 19 heavy (non-hydrogen) atoms. The molecular formula is C16H24N2O. The average molecular weight is 260 g/mol. The van der Waals surface area contributed by atoms with Crippen LogP contribution in [-0.4, -0.2) is 25.0 Å². The smallest absolute Gasteiger partial charge is 0.220 e. The Labute approximate surface area is 115 Å². The lowest BCUT2D eigenvalue weighted by atomic mass is 10.0. The summed E-state index contributed by atoms with van der Waals surface area (Å²) >= 11 is 0. The fraction of sp³-hybridized carbons (Fsp3) is 0.562. The highest BCUT2D eigenvalue weighted by Gasteiger charge is 2.19. The molecule has 0 aliphatic carbocycles. The normalized spacial score (nSPS) is 20.2. The van der Waals surface area contributed by atoms with Gasteiger partial charge in [0.25, 0.3) is 0 Å². The highest BCUT2D eigenvalue weighted by Crippen LogP contribution is 2.13. The van der Waals surface area contributed by atoms with Crippen LogP contribution >= 0.6 is 0 Å². The molecule has 0 spiro atoms. The van der Waals surface area contributed by atoms with Crippen LogP contribution in [0.5, 0.6) is 0 Å². The van der Waals surface area contributed by atoms with Crippen molar-refractivity contribution in [2.24, 2.45) is 5.92 Å². The number of carbonyl (C=O) groups is 1. The molecule has 2 unspecified atom stereocenters. The van der Waals surface area contributed by atoms with Crippen LogP contribution in [-0.2, 0) is 11.2 Å². The predicted molar refractivity (Wildman–Crippen MR) is 78.1 cm³/mol. The number of amides is 1. The summed E-state index contributed by atoms with van der Waals surface area (Å²) in [4.78, 5) is 11.9. The van der Waals surface area contributed by atoms with Gasteiger partial charge in [0.15, 0.2) is 0 Å². The first-order chi connectivity index (χ1) is 9.15. The van der Waals surface area contributed by atoms with Gasteiger partial charge >= 0.3 is 0 Å². The van der Waals surface area contributed by atoms with Crippen LogP contribution in [0.25, 0.3) is 0 Å². The predicted octanol–water partition coefficient (Wildman–Crippen LogP) is 2.04. The van der Waals surface area contributed by atoms with Crippen molar-refractivity contribution in [2.75, 3.05) is 13.1 Å². The van der Waals surface area contributed by atoms with Gasteiger partial charge in [0, 0.05) is 12.5 Å². The van der Waals surface area contributed by atoms with Crippen molar-refractivity contribution < 1.29 is 4.79 Å². The van der Waals surface area contributed by atoms with Crippen LogP contribution in [0.2, 0.25) is 0 Å². The molecule has 1 aliphatic rings. The van der Waals surface area contributed by atoms with E-state index in [4.69, 9.17) is 0 Å². The summed E-state index contributed by atoms with van der Waals surface area (Å²) in [7, 11) is 0. The van der Waals surface area contributed by atoms with E-state index in [2.05, 4.69) is 48.7 Å². The first-order valence-electron chi connectivity index (χ1n) is 7.19. The molecule has 1 aromatic carbocycles. The Balaban J connectivity index is 1.78. The first kappa shape index (κ1) is 14.1. The number of aryl methyl sites for hydroxylation is 1. The molecule has 1 heterocycles. The van der Waals surface area contributed by atoms with Crippen molar-refractivity contribution in [1.82, 2.24) is 10.6 Å². The van der Waals surface area contributed by atoms with Crippen LogP contribution in [0.4, 0.5) is 0 Å². The Morgan fingerprint density at radius 3 is 2.95 bits per heavy atom. The average Bonchev–Trinajstić information content (AvgIpc) is 2.84. The second kappa shape index (κ2) is 6.71. The van der Waals surface area contributed by atoms with E-state index >= 15 is 0 Å². The zero-order chi connectivity index (χ0) is 13.7. The molecule has 2 N–H and O–H groups in total. The van der Waals surface area contributed by atoms with Gasteiger partial charge in [-0.2, -0.15) is 0 Å². The van der Waals surface area contributed by atoms with Crippen molar-refractivity contribution in [3.8, 4) is 0 Å². The third-order valence-corrected chi connectivity index (χ3v) is 3.83. The second-order valence-corrected chi connectivity index (χ2v) is 5.66. The zero-order valence-corrected chi connectivity index (χ0v) is 11.9. The fourth-order valence-corrected chi connectivity index (χ4v) is 2.70. The van der Waals surface area contributed by atoms with E-state index in [9.17, 15) is 4.79 Å². The molecule has 0 bridgehead atoms. The van der Waals surface area contributed by atoms with E-state index in [1.54, 1.807) is 0 Å². The largest absolute Gasteiger partial charge is 0.353 e. The fourth-order valence-electron chi connectivity index (χ4n) is 2.70. The second-order valence-electron chi connectivity index (χ2n) is 5.66. The number of nitrogens with one attached hydrogen (secondary N) is 2. The Kier molecular flexibility index (Phi) is 4.97. The number of rotatable bonds is 5. The van der Waals surface area contributed by atoms with Gasteiger partial charge in [0.05, 0.1) is 0 Å². The quantitative estimate of drug-likeness (QED) is 0.850. The van der Waals surface area contributed by atoms with Crippen LogP contribution < -0.4 is 10.6 Å². The molecule has 0 radical (unpaired) electrons. The molecule has 0 saturated carbocycles. The van der Waals surface area contributed by atoms with Crippen molar-refractivity contribution >= 4 is 5.91 Å². The minimum absolute atomic E-state index is 0.190. The van der Waals surface area contributed by atoms with Gasteiger partial charge in [-0.25, -0.2) is 0 Å². The lowest BCUT2D eigenvalue weighted by molar-refractivity contribution is -0.122. The van der Waals surface area contributed by atoms with E-state index < -0.39 is 0 Å². The van der Waals surface area contributed by atoms with E-state index in [0.29, 0.717) is 12.3 Å². The van der Waals surface area contributed by atoms with Crippen LogP contribution in [0.3, 0.4) is 0 Å². The van der Waals surface area contributed by atoms with Gasteiger partial charge in [-0.05, 0) is 56.8 Å². The summed E-state index contributed by atoms with van der Waals surface area (Å²) < 4.78 is 0. The molecule has 1 aliphatic heterocycles. The maximum absolute atomic E-state index is 11.9. The van der Waals surface area contributed by atoms with Crippen LogP contribution in [0.1, 0.15) is 30.9 Å². The maximum Gasteiger partial charge on any atom is 0.220 e. The lowest BCUT2D eigenvalue weighted by Gasteiger charge is -2.16. The summed E-state index contributed by atoms with van der Waals surface area (Å²) in [5, 5.41) is 6.41. The molecule has 0 aromatic heterocycles. The molecule has 1 fully saturated rings. The Bertz CT molecular complexity index is 425. The Hall–Kier alpha value is -1.35. The molecule has 1 saturated heterocycles. The Morgan fingerprint density at radius 2 is 2.26 bits per heavy atom. The number of benzene rings is 1. The van der Waals surface area contributed by atoms with Gasteiger partial charge < -0.3 is 10.6 Å². The minimum Gasteiger partial charge on any atom is -0.353 e. The van der Waals surface area contributed by atoms with Gasteiger partial charge in [-0.15, -0.1) is 0 Å². The van der Waals surface area contributed by atoms with Crippen LogP contribution in [0.15, 0.2) is 24.3 Å². The molecule has 1 aromatic rings. The first-order valence-corrected chi connectivity index (χ1v) is 7.19. The number of carbonyl (C=O) groups excluding carboxylic acids is 1. The molecular weight excluding hydrogens is 236 g/mol. The summed E-state index contributed by atoms with van der Waals surface area (Å²) in [6.07, 6.45) is 2.69. The van der Waals surface area contributed by atoms with Gasteiger partial charge in [0.2, 0.25) is 5.91 Å². The highest BCUT2D eigenvalue weighted by atomic mass is 16.1. The molecule has 3 heteroatoms. The van der Waals surface area contributed by atoms with Gasteiger partial charge in [-0.3, -0.25) is 4.79 Å². The van der Waals surface area contributed by atoms with E-state index in [1.807, 2.05) is 0 Å². The maximum atomic E-state index is 11.9. The van der Waals surface area contributed by atoms with Crippen molar-refractivity contribution in [3.63, 3.8) is 0 Å². The monoisotopic (exact) mass is 260 g/mol. The summed E-state index contributed by atoms with van der Waals surface area (Å²) in [6.45, 7) is 6.24. The topological polar surface area (TPSA) is 41.1 Å². The van der Waals surface area contributed by atoms with E-state index in [0.717, 1.165) is 25.9 Å². The van der Waals surface area contributed by atoms with E-state index in [-0.39, 0.29) is 11.9 Å². The van der Waals surface area contributed by atoms with Crippen LogP contribution in [0, 0.1) is 12.8 Å². The highest BCUT2D eigenvalue weighted by molar-refractivity contribution is 5.76. The van der Waals surface area contributed by atoms with Crippen molar-refractivity contribution in [3.05, 3.63) is 35.4 Å². The van der Waals surface area contributed by atoms with Crippen molar-refractivity contribution in [1.29, 1.82) is 0 Å². The minimum atomic E-state index is 0.190. The van der Waals surface area contributed by atoms with Crippen molar-refractivity contribution in [2.45, 2.75) is 39.2 Å². The van der Waals surface area contributed by atoms with Gasteiger partial charge in [0.1, 0.15) is 0 Å². The SMILES string of the molecule is Cc1ccccc1CC(C)NC(=O)CC1CCNC1. The lowest BCUT2D eigenvalue weighted by Crippen LogP contribution is -2.35. The molecule has 2 rings (SSSR count). The summed E-state index contributed by atoms with van der Waals surface area (Å²) in [5.74, 6) is 0.709. The summed E-state index contributed by atoms with van der Waals surface area (Å²) in [5.41, 5.74) is 2.61. The molecule has 104 valence electrons.